The minimum absolute atomic E-state index is 0.337. The molecular weight excluding hydrogens is 248 g/mol. The van der Waals surface area contributed by atoms with Gasteiger partial charge in [0.25, 0.3) is 0 Å². The number of methoxy groups -OCH3 is 1. The van der Waals surface area contributed by atoms with E-state index < -0.39 is 0 Å². The molecule has 0 bridgehead atoms. The second-order valence-electron chi connectivity index (χ2n) is 4.24. The van der Waals surface area contributed by atoms with Crippen LogP contribution < -0.4 is 11.0 Å². The van der Waals surface area contributed by atoms with Crippen LogP contribution in [0.5, 0.6) is 0 Å². The number of hydrogen-bond acceptors (Lipinski definition) is 6. The molecule has 0 saturated heterocycles. The van der Waals surface area contributed by atoms with Gasteiger partial charge < -0.3 is 15.0 Å². The highest BCUT2D eigenvalue weighted by Gasteiger charge is 2.03. The average molecular weight is 266 g/mol. The van der Waals surface area contributed by atoms with Gasteiger partial charge in [-0.15, -0.1) is 5.10 Å². The lowest BCUT2D eigenvalue weighted by Gasteiger charge is -2.16. The van der Waals surface area contributed by atoms with Crippen molar-refractivity contribution >= 4 is 11.5 Å². The van der Waals surface area contributed by atoms with Crippen molar-refractivity contribution in [3.8, 4) is 0 Å². The minimum atomic E-state index is -0.337. The molecule has 2 aromatic heterocycles. The number of anilines is 1. The molecule has 2 aromatic rings. The number of ether oxygens (including phenoxy) is 1. The second-order valence-corrected chi connectivity index (χ2v) is 4.24. The maximum Gasteiger partial charge on any atom is 0.364 e. The number of fused-ring (bicyclic) bond motifs is 1. The fourth-order valence-corrected chi connectivity index (χ4v) is 1.63. The molecule has 19 heavy (non-hydrogen) atoms. The lowest BCUT2D eigenvalue weighted by Crippen LogP contribution is -2.28. The molecule has 104 valence electrons. The van der Waals surface area contributed by atoms with Crippen LogP contribution >= 0.6 is 0 Å². The van der Waals surface area contributed by atoms with E-state index in [1.54, 1.807) is 19.2 Å². The van der Waals surface area contributed by atoms with E-state index >= 15 is 0 Å². The summed E-state index contributed by atoms with van der Waals surface area (Å²) in [6.07, 6.45) is 0. The molecule has 0 unspecified atom stereocenters. The van der Waals surface area contributed by atoms with Crippen LogP contribution in [0.25, 0.3) is 5.65 Å². The number of aromatic nitrogens is 4. The predicted molar refractivity (Wildman–Crippen MR) is 71.5 cm³/mol. The van der Waals surface area contributed by atoms with Crippen molar-refractivity contribution in [1.82, 2.24) is 24.7 Å². The fourth-order valence-electron chi connectivity index (χ4n) is 1.63. The van der Waals surface area contributed by atoms with Gasteiger partial charge in [0.2, 0.25) is 0 Å². The first kappa shape index (κ1) is 13.5. The lowest BCUT2D eigenvalue weighted by molar-refractivity contribution is 0.163. The Kier molecular flexibility index (Phi) is 4.48. The average Bonchev–Trinajstić information content (AvgIpc) is 2.78. The standard InChI is InChI=1S/C11H18N6O2/c1-16(7-8-19-2)6-5-12-9-3-4-10-13-14-11(18)17(10)15-9/h3-4H,5-8H2,1-2H3,(H,12,15)(H,14,18). The number of likely N-dealkylation sites (N-methyl/N-ethyl adjacent to an activating group) is 1. The molecule has 0 aliphatic carbocycles. The normalized spacial score (nSPS) is 11.3. The van der Waals surface area contributed by atoms with Crippen molar-refractivity contribution in [1.29, 1.82) is 0 Å². The highest BCUT2D eigenvalue weighted by molar-refractivity contribution is 5.42. The Balaban J connectivity index is 1.87. The van der Waals surface area contributed by atoms with E-state index in [-0.39, 0.29) is 5.69 Å². The molecule has 8 heteroatoms. The van der Waals surface area contributed by atoms with Crippen LogP contribution in [0.2, 0.25) is 0 Å². The van der Waals surface area contributed by atoms with Crippen LogP contribution in [0.3, 0.4) is 0 Å². The van der Waals surface area contributed by atoms with Crippen LogP contribution in [-0.2, 0) is 4.74 Å². The van der Waals surface area contributed by atoms with Crippen LogP contribution in [0.1, 0.15) is 0 Å². The van der Waals surface area contributed by atoms with E-state index in [0.717, 1.165) is 19.6 Å². The first-order valence-electron chi connectivity index (χ1n) is 6.06. The van der Waals surface area contributed by atoms with E-state index in [2.05, 4.69) is 25.5 Å². The highest BCUT2D eigenvalue weighted by atomic mass is 16.5. The lowest BCUT2D eigenvalue weighted by atomic mass is 10.4. The van der Waals surface area contributed by atoms with Gasteiger partial charge in [-0.25, -0.2) is 9.89 Å². The molecule has 0 spiro atoms. The Bertz CT molecular complexity index is 578. The Morgan fingerprint density at radius 2 is 2.32 bits per heavy atom. The van der Waals surface area contributed by atoms with Crippen LogP contribution in [0, 0.1) is 0 Å². The quantitative estimate of drug-likeness (QED) is 0.696. The summed E-state index contributed by atoms with van der Waals surface area (Å²) in [5.74, 6) is 0.649. The van der Waals surface area contributed by atoms with Crippen molar-refractivity contribution < 1.29 is 4.74 Å². The van der Waals surface area contributed by atoms with Gasteiger partial charge >= 0.3 is 5.69 Å². The SMILES string of the molecule is COCCN(C)CCNc1ccc2n[nH]c(=O)n2n1. The number of nitrogens with one attached hydrogen (secondary N) is 2. The molecule has 0 fully saturated rings. The highest BCUT2D eigenvalue weighted by Crippen LogP contribution is 2.02. The van der Waals surface area contributed by atoms with Crippen molar-refractivity contribution in [3.63, 3.8) is 0 Å². The van der Waals surface area contributed by atoms with Crippen molar-refractivity contribution in [2.75, 3.05) is 45.7 Å². The minimum Gasteiger partial charge on any atom is -0.383 e. The molecule has 0 atom stereocenters. The smallest absolute Gasteiger partial charge is 0.364 e. The third-order valence-corrected chi connectivity index (χ3v) is 2.75. The topological polar surface area (TPSA) is 87.5 Å². The number of hydrogen-bond donors (Lipinski definition) is 2. The summed E-state index contributed by atoms with van der Waals surface area (Å²) >= 11 is 0. The summed E-state index contributed by atoms with van der Waals surface area (Å²) in [4.78, 5) is 13.5. The van der Waals surface area contributed by atoms with E-state index in [1.165, 1.54) is 4.52 Å². The molecule has 2 heterocycles. The van der Waals surface area contributed by atoms with Gasteiger partial charge in [0.05, 0.1) is 6.61 Å². The summed E-state index contributed by atoms with van der Waals surface area (Å²) < 4.78 is 6.24. The summed E-state index contributed by atoms with van der Waals surface area (Å²) in [5.41, 5.74) is 0.170. The van der Waals surface area contributed by atoms with Crippen LogP contribution in [-0.4, -0.2) is 65.1 Å². The second kappa shape index (κ2) is 6.30. The first-order valence-corrected chi connectivity index (χ1v) is 6.06. The van der Waals surface area contributed by atoms with Gasteiger partial charge in [-0.3, -0.25) is 0 Å². The van der Waals surface area contributed by atoms with Crippen LogP contribution in [0.15, 0.2) is 16.9 Å². The van der Waals surface area contributed by atoms with E-state index in [1.807, 2.05) is 7.05 Å². The Labute approximate surface area is 110 Å². The van der Waals surface area contributed by atoms with E-state index in [9.17, 15) is 4.79 Å². The van der Waals surface area contributed by atoms with Crippen LogP contribution in [0.4, 0.5) is 5.82 Å². The monoisotopic (exact) mass is 266 g/mol. The van der Waals surface area contributed by atoms with Gasteiger partial charge in [-0.1, -0.05) is 0 Å². The van der Waals surface area contributed by atoms with Gasteiger partial charge in [0.15, 0.2) is 5.65 Å². The fraction of sp³-hybridized carbons (Fsp3) is 0.545. The zero-order chi connectivity index (χ0) is 13.7. The molecule has 0 saturated carbocycles. The van der Waals surface area contributed by atoms with Crippen molar-refractivity contribution in [3.05, 3.63) is 22.6 Å². The van der Waals surface area contributed by atoms with Gasteiger partial charge in [0, 0.05) is 26.7 Å². The maximum absolute atomic E-state index is 11.4. The van der Waals surface area contributed by atoms with E-state index in [0.29, 0.717) is 18.1 Å². The largest absolute Gasteiger partial charge is 0.383 e. The Morgan fingerprint density at radius 3 is 3.11 bits per heavy atom. The number of H-pyrrole nitrogens is 1. The zero-order valence-electron chi connectivity index (χ0n) is 11.1. The van der Waals surface area contributed by atoms with E-state index in [4.69, 9.17) is 4.74 Å². The molecule has 0 aromatic carbocycles. The zero-order valence-corrected chi connectivity index (χ0v) is 11.1. The summed E-state index contributed by atoms with van der Waals surface area (Å²) in [6.45, 7) is 3.20. The predicted octanol–water partition coefficient (Wildman–Crippen LogP) is -0.592. The molecule has 0 amide bonds. The molecule has 0 radical (unpaired) electrons. The summed E-state index contributed by atoms with van der Waals surface area (Å²) in [5, 5.41) is 13.5. The summed E-state index contributed by atoms with van der Waals surface area (Å²) in [6, 6.07) is 3.53. The molecule has 2 N–H and O–H groups in total. The van der Waals surface area contributed by atoms with Crippen molar-refractivity contribution in [2.45, 2.75) is 0 Å². The molecule has 2 rings (SSSR count). The molecule has 0 aliphatic rings. The third kappa shape index (κ3) is 3.52. The maximum atomic E-state index is 11.4. The van der Waals surface area contributed by atoms with Crippen molar-refractivity contribution in [2.24, 2.45) is 0 Å². The first-order chi connectivity index (χ1) is 9.20. The summed E-state index contributed by atoms with van der Waals surface area (Å²) in [7, 11) is 3.71. The number of aromatic amines is 1. The third-order valence-electron chi connectivity index (χ3n) is 2.75. The molecule has 0 aliphatic heterocycles. The number of rotatable bonds is 7. The van der Waals surface area contributed by atoms with Gasteiger partial charge in [-0.05, 0) is 19.2 Å². The van der Waals surface area contributed by atoms with Gasteiger partial charge in [-0.2, -0.15) is 9.61 Å². The molecule has 8 nitrogen and oxygen atoms in total. The Hall–Kier alpha value is -1.93. The Morgan fingerprint density at radius 1 is 1.47 bits per heavy atom. The molecular formula is C11H18N6O2. The number of nitrogens with zero attached hydrogens (tertiary/aromatic N) is 4. The van der Waals surface area contributed by atoms with Gasteiger partial charge in [0.1, 0.15) is 5.82 Å².